The van der Waals surface area contributed by atoms with Crippen LogP contribution in [-0.4, -0.2) is 27.8 Å². The van der Waals surface area contributed by atoms with E-state index in [1.807, 2.05) is 30.5 Å². The molecule has 102 valence electrons. The fourth-order valence-corrected chi connectivity index (χ4v) is 2.60. The Morgan fingerprint density at radius 1 is 1.35 bits per heavy atom. The standard InChI is InChI=1S/C15H14N2O3/c1-8(18)13-14(19)12(17-15(13)20)6-9-7-16-11-5-3-2-4-10(9)11/h2-5,7,12,16,19H,6H2,1H3,(H,17,20)/t12-/m0/s1. The van der Waals surface area contributed by atoms with Gasteiger partial charge in [0.1, 0.15) is 11.3 Å². The third kappa shape index (κ3) is 1.87. The first kappa shape index (κ1) is 12.5. The van der Waals surface area contributed by atoms with Gasteiger partial charge in [0.2, 0.25) is 0 Å². The number of amides is 1. The first-order chi connectivity index (χ1) is 9.58. The maximum absolute atomic E-state index is 11.7. The zero-order valence-corrected chi connectivity index (χ0v) is 10.9. The quantitative estimate of drug-likeness (QED) is 0.741. The van der Waals surface area contributed by atoms with E-state index in [1.54, 1.807) is 0 Å². The molecular formula is C15H14N2O3. The average Bonchev–Trinajstić information content (AvgIpc) is 2.93. The minimum absolute atomic E-state index is 0.130. The highest BCUT2D eigenvalue weighted by Gasteiger charge is 2.34. The van der Waals surface area contributed by atoms with E-state index in [4.69, 9.17) is 0 Å². The first-order valence-electron chi connectivity index (χ1n) is 6.38. The average molecular weight is 270 g/mol. The number of Topliss-reactive ketones (excluding diaryl/α,β-unsaturated/α-hetero) is 1. The molecule has 2 aromatic rings. The van der Waals surface area contributed by atoms with Crippen molar-refractivity contribution >= 4 is 22.6 Å². The molecule has 1 aromatic carbocycles. The van der Waals surface area contributed by atoms with E-state index in [0.717, 1.165) is 16.5 Å². The zero-order valence-electron chi connectivity index (χ0n) is 10.9. The number of aliphatic hydroxyl groups is 1. The highest BCUT2D eigenvalue weighted by atomic mass is 16.3. The molecule has 0 saturated carbocycles. The van der Waals surface area contributed by atoms with Gasteiger partial charge in [-0.3, -0.25) is 9.59 Å². The summed E-state index contributed by atoms with van der Waals surface area (Å²) < 4.78 is 0. The van der Waals surface area contributed by atoms with Crippen molar-refractivity contribution in [3.8, 4) is 0 Å². The van der Waals surface area contributed by atoms with Crippen LogP contribution in [0.4, 0.5) is 0 Å². The molecule has 0 radical (unpaired) electrons. The van der Waals surface area contributed by atoms with Gasteiger partial charge in [-0.15, -0.1) is 0 Å². The van der Waals surface area contributed by atoms with Gasteiger partial charge in [0.05, 0.1) is 6.04 Å². The van der Waals surface area contributed by atoms with E-state index in [2.05, 4.69) is 10.3 Å². The van der Waals surface area contributed by atoms with Crippen LogP contribution in [0.5, 0.6) is 0 Å². The van der Waals surface area contributed by atoms with Crippen molar-refractivity contribution in [1.82, 2.24) is 10.3 Å². The molecule has 1 aliphatic rings. The van der Waals surface area contributed by atoms with Crippen molar-refractivity contribution < 1.29 is 14.7 Å². The van der Waals surface area contributed by atoms with Gasteiger partial charge in [-0.1, -0.05) is 18.2 Å². The minimum Gasteiger partial charge on any atom is -0.509 e. The van der Waals surface area contributed by atoms with Crippen LogP contribution in [0.1, 0.15) is 12.5 Å². The maximum atomic E-state index is 11.7. The predicted molar refractivity (Wildman–Crippen MR) is 74.3 cm³/mol. The second-order valence-corrected chi connectivity index (χ2v) is 4.91. The van der Waals surface area contributed by atoms with Crippen LogP contribution in [0.3, 0.4) is 0 Å². The number of nitrogens with one attached hydrogen (secondary N) is 2. The molecule has 0 aliphatic carbocycles. The zero-order chi connectivity index (χ0) is 14.3. The van der Waals surface area contributed by atoms with E-state index in [0.29, 0.717) is 6.42 Å². The Morgan fingerprint density at radius 2 is 2.10 bits per heavy atom. The summed E-state index contributed by atoms with van der Waals surface area (Å²) in [6.45, 7) is 1.28. The second-order valence-electron chi connectivity index (χ2n) is 4.91. The van der Waals surface area contributed by atoms with Gasteiger partial charge < -0.3 is 15.4 Å². The van der Waals surface area contributed by atoms with Gasteiger partial charge in [0, 0.05) is 23.5 Å². The van der Waals surface area contributed by atoms with Gasteiger partial charge in [-0.25, -0.2) is 0 Å². The number of aromatic amines is 1. The first-order valence-corrected chi connectivity index (χ1v) is 6.38. The molecule has 2 heterocycles. The molecule has 1 amide bonds. The number of hydrogen-bond acceptors (Lipinski definition) is 3. The van der Waals surface area contributed by atoms with Crippen LogP contribution in [0.2, 0.25) is 0 Å². The van der Waals surface area contributed by atoms with Crippen LogP contribution >= 0.6 is 0 Å². The molecule has 1 aromatic heterocycles. The smallest absolute Gasteiger partial charge is 0.259 e. The van der Waals surface area contributed by atoms with Crippen molar-refractivity contribution in [2.75, 3.05) is 0 Å². The normalized spacial score (nSPS) is 18.6. The van der Waals surface area contributed by atoms with Crippen LogP contribution in [0.15, 0.2) is 41.8 Å². The van der Waals surface area contributed by atoms with Gasteiger partial charge in [-0.2, -0.15) is 0 Å². The molecule has 3 rings (SSSR count). The van der Waals surface area contributed by atoms with Crippen molar-refractivity contribution in [2.45, 2.75) is 19.4 Å². The molecule has 0 fully saturated rings. The lowest BCUT2D eigenvalue weighted by molar-refractivity contribution is -0.121. The van der Waals surface area contributed by atoms with Crippen molar-refractivity contribution in [1.29, 1.82) is 0 Å². The van der Waals surface area contributed by atoms with E-state index in [-0.39, 0.29) is 11.3 Å². The number of ketones is 1. The maximum Gasteiger partial charge on any atom is 0.259 e. The highest BCUT2D eigenvalue weighted by molar-refractivity contribution is 6.20. The predicted octanol–water partition coefficient (Wildman–Crippen LogP) is 1.61. The molecule has 3 N–H and O–H groups in total. The molecule has 5 nitrogen and oxygen atoms in total. The number of aromatic nitrogens is 1. The number of para-hydroxylation sites is 1. The monoisotopic (exact) mass is 270 g/mol. The largest absolute Gasteiger partial charge is 0.509 e. The lowest BCUT2D eigenvalue weighted by Gasteiger charge is -2.10. The molecule has 0 saturated heterocycles. The summed E-state index contributed by atoms with van der Waals surface area (Å²) in [5.74, 6) is -1.07. The lowest BCUT2D eigenvalue weighted by atomic mass is 10.0. The van der Waals surface area contributed by atoms with Gasteiger partial charge in [0.15, 0.2) is 5.78 Å². The van der Waals surface area contributed by atoms with Crippen LogP contribution < -0.4 is 5.32 Å². The Morgan fingerprint density at radius 3 is 2.80 bits per heavy atom. The number of H-pyrrole nitrogens is 1. The van der Waals surface area contributed by atoms with E-state index in [9.17, 15) is 14.7 Å². The van der Waals surface area contributed by atoms with E-state index < -0.39 is 17.7 Å². The fourth-order valence-electron chi connectivity index (χ4n) is 2.60. The number of carbonyl (C=O) groups is 2. The van der Waals surface area contributed by atoms with E-state index in [1.165, 1.54) is 6.92 Å². The third-order valence-electron chi connectivity index (χ3n) is 3.57. The van der Waals surface area contributed by atoms with Crippen LogP contribution in [0.25, 0.3) is 10.9 Å². The SMILES string of the molecule is CC(=O)C1=C(O)[C@H](Cc2c[nH]c3ccccc23)NC1=O. The van der Waals surface area contributed by atoms with E-state index >= 15 is 0 Å². The summed E-state index contributed by atoms with van der Waals surface area (Å²) in [5.41, 5.74) is 1.86. The Bertz CT molecular complexity index is 742. The number of rotatable bonds is 3. The van der Waals surface area contributed by atoms with Crippen LogP contribution in [0, 0.1) is 0 Å². The Kier molecular flexibility index (Phi) is 2.82. The summed E-state index contributed by atoms with van der Waals surface area (Å²) >= 11 is 0. The summed E-state index contributed by atoms with van der Waals surface area (Å²) in [5, 5.41) is 13.7. The topological polar surface area (TPSA) is 82.2 Å². The van der Waals surface area contributed by atoms with Crippen molar-refractivity contribution in [3.63, 3.8) is 0 Å². The second kappa shape index (κ2) is 4.52. The van der Waals surface area contributed by atoms with Gasteiger partial charge in [0.25, 0.3) is 5.91 Å². The number of fused-ring (bicyclic) bond motifs is 1. The summed E-state index contributed by atoms with van der Waals surface area (Å²) in [4.78, 5) is 26.2. The Balaban J connectivity index is 1.93. The molecule has 1 aliphatic heterocycles. The summed E-state index contributed by atoms with van der Waals surface area (Å²) in [7, 11) is 0. The van der Waals surface area contributed by atoms with Crippen molar-refractivity contribution in [2.24, 2.45) is 0 Å². The molecule has 1 atom stereocenters. The molecule has 0 unspecified atom stereocenters. The summed E-state index contributed by atoms with van der Waals surface area (Å²) in [6.07, 6.45) is 2.30. The Hall–Kier alpha value is -2.56. The number of carbonyl (C=O) groups excluding carboxylic acids is 2. The van der Waals surface area contributed by atoms with Crippen LogP contribution in [-0.2, 0) is 16.0 Å². The lowest BCUT2D eigenvalue weighted by Crippen LogP contribution is -2.31. The van der Waals surface area contributed by atoms with Gasteiger partial charge in [-0.05, 0) is 18.6 Å². The number of aliphatic hydroxyl groups excluding tert-OH is 1. The Labute approximate surface area is 115 Å². The van der Waals surface area contributed by atoms with Crippen molar-refractivity contribution in [3.05, 3.63) is 47.4 Å². The fraction of sp³-hybridized carbons (Fsp3) is 0.200. The summed E-state index contributed by atoms with van der Waals surface area (Å²) in [6, 6.07) is 7.27. The molecular weight excluding hydrogens is 256 g/mol. The number of hydrogen-bond donors (Lipinski definition) is 3. The molecule has 5 heteroatoms. The van der Waals surface area contributed by atoms with Gasteiger partial charge >= 0.3 is 0 Å². The molecule has 20 heavy (non-hydrogen) atoms. The highest BCUT2D eigenvalue weighted by Crippen LogP contribution is 2.24. The third-order valence-corrected chi connectivity index (χ3v) is 3.57. The molecule has 0 bridgehead atoms. The number of benzene rings is 1. The minimum atomic E-state index is -0.541. The molecule has 0 spiro atoms.